The van der Waals surface area contributed by atoms with Crippen LogP contribution in [0.3, 0.4) is 0 Å². The van der Waals surface area contributed by atoms with E-state index in [4.69, 9.17) is 4.74 Å². The molecule has 0 N–H and O–H groups in total. The van der Waals surface area contributed by atoms with E-state index in [1.165, 1.54) is 0 Å². The van der Waals surface area contributed by atoms with Gasteiger partial charge in [-0.05, 0) is 37.2 Å². The molecule has 1 aliphatic rings. The standard InChI is InChI=1S/C18H18BrF2NO/c19-15-8-7-14(12-22-10-4-9-18(20,21)13-22)17(11-15)23-16-5-2-1-3-6-16/h1-3,5-8,11H,4,9-10,12-13H2. The van der Waals surface area contributed by atoms with E-state index in [0.717, 1.165) is 15.8 Å². The number of hydrogen-bond donors (Lipinski definition) is 0. The molecule has 1 heterocycles. The maximum absolute atomic E-state index is 13.6. The number of likely N-dealkylation sites (tertiary alicyclic amines) is 1. The fourth-order valence-corrected chi connectivity index (χ4v) is 3.13. The summed E-state index contributed by atoms with van der Waals surface area (Å²) in [5.74, 6) is -1.16. The van der Waals surface area contributed by atoms with E-state index in [1.807, 2.05) is 48.5 Å². The van der Waals surface area contributed by atoms with Crippen molar-refractivity contribution < 1.29 is 13.5 Å². The molecule has 3 rings (SSSR count). The molecule has 0 bridgehead atoms. The molecule has 0 aromatic heterocycles. The highest BCUT2D eigenvalue weighted by molar-refractivity contribution is 9.10. The van der Waals surface area contributed by atoms with Crippen LogP contribution < -0.4 is 4.74 Å². The number of piperidine rings is 1. The second kappa shape index (κ2) is 6.97. The number of rotatable bonds is 4. The van der Waals surface area contributed by atoms with Crippen molar-refractivity contribution in [3.05, 3.63) is 58.6 Å². The lowest BCUT2D eigenvalue weighted by Crippen LogP contribution is -2.42. The maximum Gasteiger partial charge on any atom is 0.260 e. The Kier molecular flexibility index (Phi) is 4.97. The van der Waals surface area contributed by atoms with Crippen molar-refractivity contribution in [1.29, 1.82) is 0 Å². The third kappa shape index (κ3) is 4.52. The lowest BCUT2D eigenvalue weighted by molar-refractivity contribution is -0.0662. The highest BCUT2D eigenvalue weighted by Crippen LogP contribution is 2.32. The van der Waals surface area contributed by atoms with Gasteiger partial charge in [-0.25, -0.2) is 8.78 Å². The largest absolute Gasteiger partial charge is 0.457 e. The third-order valence-electron chi connectivity index (χ3n) is 3.87. The van der Waals surface area contributed by atoms with Crippen molar-refractivity contribution in [2.24, 2.45) is 0 Å². The van der Waals surface area contributed by atoms with Gasteiger partial charge in [-0.2, -0.15) is 0 Å². The highest BCUT2D eigenvalue weighted by atomic mass is 79.9. The number of halogens is 3. The Morgan fingerprint density at radius 3 is 2.65 bits per heavy atom. The topological polar surface area (TPSA) is 12.5 Å². The molecule has 0 aliphatic carbocycles. The van der Waals surface area contributed by atoms with Gasteiger partial charge in [0.05, 0.1) is 6.54 Å². The van der Waals surface area contributed by atoms with Gasteiger partial charge in [0.25, 0.3) is 5.92 Å². The van der Waals surface area contributed by atoms with E-state index in [2.05, 4.69) is 15.9 Å². The molecule has 2 aromatic carbocycles. The van der Waals surface area contributed by atoms with Gasteiger partial charge in [-0.1, -0.05) is 40.2 Å². The molecule has 1 saturated heterocycles. The zero-order valence-electron chi connectivity index (χ0n) is 12.6. The van der Waals surface area contributed by atoms with Crippen molar-refractivity contribution in [3.63, 3.8) is 0 Å². The fraction of sp³-hybridized carbons (Fsp3) is 0.333. The minimum atomic E-state index is -2.59. The summed E-state index contributed by atoms with van der Waals surface area (Å²) in [7, 11) is 0. The van der Waals surface area contributed by atoms with Crippen LogP contribution in [0.4, 0.5) is 8.78 Å². The lowest BCUT2D eigenvalue weighted by atomic mass is 10.1. The molecule has 0 unspecified atom stereocenters. The van der Waals surface area contributed by atoms with E-state index in [1.54, 1.807) is 4.90 Å². The average Bonchev–Trinajstić information content (AvgIpc) is 2.50. The molecule has 122 valence electrons. The normalized spacial score (nSPS) is 17.9. The molecule has 0 radical (unpaired) electrons. The molecular formula is C18H18BrF2NO. The van der Waals surface area contributed by atoms with Gasteiger partial charge in [0, 0.05) is 23.0 Å². The quantitative estimate of drug-likeness (QED) is 0.695. The van der Waals surface area contributed by atoms with Gasteiger partial charge >= 0.3 is 0 Å². The summed E-state index contributed by atoms with van der Waals surface area (Å²) >= 11 is 3.44. The summed E-state index contributed by atoms with van der Waals surface area (Å²) in [5, 5.41) is 0. The van der Waals surface area contributed by atoms with Crippen LogP contribution in [0, 0.1) is 0 Å². The lowest BCUT2D eigenvalue weighted by Gasteiger charge is -2.32. The van der Waals surface area contributed by atoms with E-state index in [0.29, 0.717) is 25.3 Å². The number of nitrogens with zero attached hydrogens (tertiary/aromatic N) is 1. The summed E-state index contributed by atoms with van der Waals surface area (Å²) in [5.41, 5.74) is 0.912. The summed E-state index contributed by atoms with van der Waals surface area (Å²) in [6.45, 7) is 0.968. The maximum atomic E-state index is 13.6. The SMILES string of the molecule is FC1(F)CCCN(Cc2ccc(Br)cc2Oc2ccccc2)C1. The molecule has 0 saturated carbocycles. The van der Waals surface area contributed by atoms with E-state index in [9.17, 15) is 8.78 Å². The molecule has 0 spiro atoms. The Morgan fingerprint density at radius 2 is 1.91 bits per heavy atom. The Morgan fingerprint density at radius 1 is 1.13 bits per heavy atom. The molecular weight excluding hydrogens is 364 g/mol. The van der Waals surface area contributed by atoms with Crippen LogP contribution in [0.15, 0.2) is 53.0 Å². The summed E-state index contributed by atoms with van der Waals surface area (Å²) in [6, 6.07) is 15.2. The van der Waals surface area contributed by atoms with Crippen molar-refractivity contribution in [2.45, 2.75) is 25.3 Å². The minimum absolute atomic E-state index is 0.0167. The first-order valence-corrected chi connectivity index (χ1v) is 8.43. The van der Waals surface area contributed by atoms with Gasteiger partial charge < -0.3 is 4.74 Å². The first-order valence-electron chi connectivity index (χ1n) is 7.63. The van der Waals surface area contributed by atoms with Crippen LogP contribution in [0.2, 0.25) is 0 Å². The van der Waals surface area contributed by atoms with Crippen LogP contribution in [0.25, 0.3) is 0 Å². The molecule has 5 heteroatoms. The summed E-state index contributed by atoms with van der Waals surface area (Å²) in [4.78, 5) is 1.80. The predicted octanol–water partition coefficient (Wildman–Crippen LogP) is 5.47. The van der Waals surface area contributed by atoms with Gasteiger partial charge in [0.15, 0.2) is 0 Å². The Balaban J connectivity index is 1.79. The second-order valence-corrected chi connectivity index (χ2v) is 6.75. The van der Waals surface area contributed by atoms with Gasteiger partial charge in [-0.3, -0.25) is 4.90 Å². The number of para-hydroxylation sites is 1. The van der Waals surface area contributed by atoms with Crippen molar-refractivity contribution in [3.8, 4) is 11.5 Å². The molecule has 1 aliphatic heterocycles. The number of hydrogen-bond acceptors (Lipinski definition) is 2. The zero-order valence-corrected chi connectivity index (χ0v) is 14.2. The Hall–Kier alpha value is -1.46. The van der Waals surface area contributed by atoms with Crippen molar-refractivity contribution >= 4 is 15.9 Å². The zero-order chi connectivity index (χ0) is 16.3. The third-order valence-corrected chi connectivity index (χ3v) is 4.36. The smallest absolute Gasteiger partial charge is 0.260 e. The first-order chi connectivity index (χ1) is 11.0. The van der Waals surface area contributed by atoms with Crippen LogP contribution in [-0.4, -0.2) is 23.9 Å². The molecule has 1 fully saturated rings. The van der Waals surface area contributed by atoms with E-state index in [-0.39, 0.29) is 13.0 Å². The highest BCUT2D eigenvalue weighted by Gasteiger charge is 2.35. The van der Waals surface area contributed by atoms with Crippen LogP contribution >= 0.6 is 15.9 Å². The van der Waals surface area contributed by atoms with Crippen LogP contribution in [0.1, 0.15) is 18.4 Å². The van der Waals surface area contributed by atoms with E-state index >= 15 is 0 Å². The predicted molar refractivity (Wildman–Crippen MR) is 90.1 cm³/mol. The van der Waals surface area contributed by atoms with Crippen LogP contribution in [-0.2, 0) is 6.54 Å². The molecule has 2 aromatic rings. The monoisotopic (exact) mass is 381 g/mol. The molecule has 0 atom stereocenters. The second-order valence-electron chi connectivity index (χ2n) is 5.84. The molecule has 23 heavy (non-hydrogen) atoms. The van der Waals surface area contributed by atoms with Gasteiger partial charge in [-0.15, -0.1) is 0 Å². The molecule has 2 nitrogen and oxygen atoms in total. The Bertz CT molecular complexity index is 663. The minimum Gasteiger partial charge on any atom is -0.457 e. The number of benzene rings is 2. The first kappa shape index (κ1) is 16.4. The summed E-state index contributed by atoms with van der Waals surface area (Å²) < 4.78 is 34.0. The van der Waals surface area contributed by atoms with Crippen LogP contribution in [0.5, 0.6) is 11.5 Å². The van der Waals surface area contributed by atoms with Gasteiger partial charge in [0.2, 0.25) is 0 Å². The molecule has 0 amide bonds. The number of alkyl halides is 2. The summed E-state index contributed by atoms with van der Waals surface area (Å²) in [6.07, 6.45) is 0.510. The van der Waals surface area contributed by atoms with Crippen molar-refractivity contribution in [2.75, 3.05) is 13.1 Å². The van der Waals surface area contributed by atoms with Gasteiger partial charge in [0.1, 0.15) is 11.5 Å². The van der Waals surface area contributed by atoms with E-state index < -0.39 is 5.92 Å². The number of ether oxygens (including phenoxy) is 1. The average molecular weight is 382 g/mol. The van der Waals surface area contributed by atoms with Crippen molar-refractivity contribution in [1.82, 2.24) is 4.90 Å². The fourth-order valence-electron chi connectivity index (χ4n) is 2.79. The Labute approximate surface area is 143 Å².